The highest BCUT2D eigenvalue weighted by Crippen LogP contribution is 2.14. The lowest BCUT2D eigenvalue weighted by atomic mass is 9.96. The van der Waals surface area contributed by atoms with Gasteiger partial charge >= 0.3 is 0 Å². The number of hydrogen-bond donors (Lipinski definition) is 6. The first-order chi connectivity index (χ1) is 22.5. The summed E-state index contributed by atoms with van der Waals surface area (Å²) < 4.78 is 0. The third kappa shape index (κ3) is 13.8. The van der Waals surface area contributed by atoms with Crippen molar-refractivity contribution in [1.82, 2.24) is 31.2 Å². The Morgan fingerprint density at radius 2 is 1.38 bits per heavy atom. The van der Waals surface area contributed by atoms with Gasteiger partial charge in [0.25, 0.3) is 0 Å². The number of carbonyl (C=O) groups is 4. The maximum Gasteiger partial charge on any atom is 0.243 e. The van der Waals surface area contributed by atoms with Gasteiger partial charge in [0.05, 0.1) is 24.9 Å². The van der Waals surface area contributed by atoms with Gasteiger partial charge in [0.1, 0.15) is 12.1 Å². The maximum absolute atomic E-state index is 13.6. The van der Waals surface area contributed by atoms with Crippen LogP contribution in [-0.4, -0.2) is 62.9 Å². The quantitative estimate of drug-likeness (QED) is 0.117. The van der Waals surface area contributed by atoms with Crippen LogP contribution in [0.15, 0.2) is 73.2 Å². The fourth-order valence-corrected chi connectivity index (χ4v) is 5.29. The lowest BCUT2D eigenvalue weighted by Crippen LogP contribution is -2.54. The number of amides is 4. The summed E-state index contributed by atoms with van der Waals surface area (Å²) in [5.74, 6) is -1.34. The highest BCUT2D eigenvalue weighted by molar-refractivity contribution is 5.89. The lowest BCUT2D eigenvalue weighted by Gasteiger charge is -2.28. The van der Waals surface area contributed by atoms with Crippen molar-refractivity contribution in [1.29, 1.82) is 0 Å². The fourth-order valence-electron chi connectivity index (χ4n) is 5.29. The zero-order chi connectivity index (χ0) is 34.2. The second kappa shape index (κ2) is 19.2. The molecule has 0 radical (unpaired) electrons. The number of rotatable bonds is 19. The third-order valence-electron chi connectivity index (χ3n) is 7.69. The number of aromatic amines is 1. The van der Waals surface area contributed by atoms with Crippen molar-refractivity contribution >= 4 is 23.6 Å². The van der Waals surface area contributed by atoms with Crippen molar-refractivity contribution in [2.45, 2.75) is 97.0 Å². The Balaban J connectivity index is 1.64. The van der Waals surface area contributed by atoms with Crippen LogP contribution in [-0.2, 0) is 38.6 Å². The summed E-state index contributed by atoms with van der Waals surface area (Å²) in [6.45, 7) is 8.17. The number of benzene rings is 2. The van der Waals surface area contributed by atoms with Crippen LogP contribution in [0.5, 0.6) is 0 Å². The van der Waals surface area contributed by atoms with Crippen molar-refractivity contribution in [2.75, 3.05) is 0 Å². The Kier molecular flexibility index (Phi) is 15.1. The number of hydrogen-bond acceptors (Lipinski definition) is 6. The van der Waals surface area contributed by atoms with Gasteiger partial charge in [-0.05, 0) is 42.2 Å². The predicted octanol–water partition coefficient (Wildman–Crippen LogP) is 3.20. The summed E-state index contributed by atoms with van der Waals surface area (Å²) in [6, 6.07) is 16.6. The average Bonchev–Trinajstić information content (AvgIpc) is 3.55. The summed E-state index contributed by atoms with van der Waals surface area (Å²) in [5, 5.41) is 22.6. The van der Waals surface area contributed by atoms with Gasteiger partial charge in [0, 0.05) is 31.3 Å². The van der Waals surface area contributed by atoms with Gasteiger partial charge in [-0.25, -0.2) is 4.98 Å². The predicted molar refractivity (Wildman–Crippen MR) is 181 cm³/mol. The molecule has 3 rings (SSSR count). The summed E-state index contributed by atoms with van der Waals surface area (Å²) in [5.41, 5.74) is 2.62. The minimum atomic E-state index is -1.23. The van der Waals surface area contributed by atoms with Crippen LogP contribution in [0.3, 0.4) is 0 Å². The van der Waals surface area contributed by atoms with Gasteiger partial charge < -0.3 is 31.4 Å². The minimum Gasteiger partial charge on any atom is -0.390 e. The number of aryl methyl sites for hydroxylation is 1. The molecule has 1 heterocycles. The fraction of sp³-hybridized carbons (Fsp3) is 0.472. The van der Waals surface area contributed by atoms with Gasteiger partial charge in [-0.1, -0.05) is 88.4 Å². The number of nitrogens with one attached hydrogen (secondary N) is 5. The van der Waals surface area contributed by atoms with Crippen molar-refractivity contribution < 1.29 is 24.3 Å². The molecule has 0 spiro atoms. The number of carbonyl (C=O) groups excluding carboxylic acids is 4. The smallest absolute Gasteiger partial charge is 0.243 e. The van der Waals surface area contributed by atoms with Crippen LogP contribution in [0.4, 0.5) is 0 Å². The number of H-pyrrole nitrogens is 1. The van der Waals surface area contributed by atoms with Crippen LogP contribution in [0.1, 0.15) is 70.2 Å². The Morgan fingerprint density at radius 3 is 1.98 bits per heavy atom. The topological polar surface area (TPSA) is 165 Å². The number of aliphatic hydroxyl groups is 1. The largest absolute Gasteiger partial charge is 0.390 e. The van der Waals surface area contributed by atoms with E-state index in [0.717, 1.165) is 11.1 Å². The van der Waals surface area contributed by atoms with Crippen LogP contribution < -0.4 is 21.3 Å². The van der Waals surface area contributed by atoms with Crippen molar-refractivity contribution in [3.63, 3.8) is 0 Å². The second-order valence-electron chi connectivity index (χ2n) is 12.9. The number of aromatic nitrogens is 2. The standard InChI is InChI=1S/C36H50N6O5/c1-24(2)17-29(32(43)20-34(45)41-30(18-25(3)4)35(46)38-21-27-13-9-6-10-14-27)42-36(47)31(19-28-22-37-23-39-28)40-33(44)16-15-26-11-7-5-8-12-26/h5-14,22-25,29-32,43H,15-21H2,1-4H3,(H,37,39)(H,38,46)(H,40,44)(H,41,45)(H,42,47)/t29-,30-,31-,32-/m0/s1. The number of imidazole rings is 1. The summed E-state index contributed by atoms with van der Waals surface area (Å²) in [6.07, 6.45) is 3.26. The van der Waals surface area contributed by atoms with E-state index in [1.54, 1.807) is 6.20 Å². The molecule has 3 aromatic rings. The Hall–Kier alpha value is -4.51. The van der Waals surface area contributed by atoms with Crippen molar-refractivity contribution in [3.8, 4) is 0 Å². The molecule has 1 aromatic heterocycles. The van der Waals surface area contributed by atoms with Crippen molar-refractivity contribution in [2.24, 2.45) is 11.8 Å². The molecular weight excluding hydrogens is 596 g/mol. The molecule has 6 N–H and O–H groups in total. The van der Waals surface area contributed by atoms with E-state index in [0.29, 0.717) is 31.5 Å². The molecule has 0 saturated heterocycles. The van der Waals surface area contributed by atoms with E-state index >= 15 is 0 Å². The molecule has 4 atom stereocenters. The first-order valence-electron chi connectivity index (χ1n) is 16.4. The molecule has 2 aromatic carbocycles. The number of nitrogens with zero attached hydrogens (tertiary/aromatic N) is 1. The van der Waals surface area contributed by atoms with E-state index in [9.17, 15) is 24.3 Å². The third-order valence-corrected chi connectivity index (χ3v) is 7.69. The Morgan fingerprint density at radius 1 is 0.766 bits per heavy atom. The molecule has 0 unspecified atom stereocenters. The normalized spacial score (nSPS) is 13.8. The van der Waals surface area contributed by atoms with Crippen LogP contribution in [0, 0.1) is 11.8 Å². The summed E-state index contributed by atoms with van der Waals surface area (Å²) in [4.78, 5) is 59.7. The zero-order valence-corrected chi connectivity index (χ0v) is 27.9. The molecule has 47 heavy (non-hydrogen) atoms. The molecule has 0 fully saturated rings. The monoisotopic (exact) mass is 646 g/mol. The van der Waals surface area contributed by atoms with E-state index in [-0.39, 0.29) is 42.9 Å². The molecule has 11 nitrogen and oxygen atoms in total. The van der Waals surface area contributed by atoms with Gasteiger partial charge in [-0.3, -0.25) is 19.2 Å². The molecule has 11 heteroatoms. The van der Waals surface area contributed by atoms with E-state index < -0.39 is 36.0 Å². The minimum absolute atomic E-state index is 0.0852. The SMILES string of the molecule is CC(C)C[C@H](NC(=O)C[C@H](O)[C@H](CC(C)C)NC(=O)[C@H](Cc1cnc[nH]1)NC(=O)CCc1ccccc1)C(=O)NCc1ccccc1. The number of aliphatic hydroxyl groups excluding tert-OH is 1. The summed E-state index contributed by atoms with van der Waals surface area (Å²) >= 11 is 0. The highest BCUT2D eigenvalue weighted by Gasteiger charge is 2.30. The van der Waals surface area contributed by atoms with Gasteiger partial charge in [0.2, 0.25) is 23.6 Å². The van der Waals surface area contributed by atoms with Gasteiger partial charge in [-0.2, -0.15) is 0 Å². The molecule has 0 bridgehead atoms. The lowest BCUT2D eigenvalue weighted by molar-refractivity contribution is -0.132. The second-order valence-corrected chi connectivity index (χ2v) is 12.9. The van der Waals surface area contributed by atoms with Gasteiger partial charge in [-0.15, -0.1) is 0 Å². The van der Waals surface area contributed by atoms with Crippen molar-refractivity contribution in [3.05, 3.63) is 90.0 Å². The van der Waals surface area contributed by atoms with E-state index in [2.05, 4.69) is 31.2 Å². The molecule has 254 valence electrons. The Bertz CT molecular complexity index is 1380. The van der Waals surface area contributed by atoms with E-state index in [1.807, 2.05) is 88.4 Å². The maximum atomic E-state index is 13.6. The molecular formula is C36H50N6O5. The first-order valence-corrected chi connectivity index (χ1v) is 16.4. The average molecular weight is 647 g/mol. The molecule has 0 aliphatic carbocycles. The van der Waals surface area contributed by atoms with E-state index in [4.69, 9.17) is 0 Å². The Labute approximate surface area is 277 Å². The van der Waals surface area contributed by atoms with Crippen LogP contribution in [0.2, 0.25) is 0 Å². The molecule has 0 aliphatic rings. The van der Waals surface area contributed by atoms with Crippen LogP contribution >= 0.6 is 0 Å². The molecule has 4 amide bonds. The van der Waals surface area contributed by atoms with E-state index in [1.165, 1.54) is 6.33 Å². The molecule has 0 saturated carbocycles. The van der Waals surface area contributed by atoms with Crippen LogP contribution in [0.25, 0.3) is 0 Å². The highest BCUT2D eigenvalue weighted by atomic mass is 16.3. The summed E-state index contributed by atoms with van der Waals surface area (Å²) in [7, 11) is 0. The van der Waals surface area contributed by atoms with Gasteiger partial charge in [0.15, 0.2) is 0 Å². The first kappa shape index (κ1) is 37.0. The molecule has 0 aliphatic heterocycles. The zero-order valence-electron chi connectivity index (χ0n) is 27.9.